The lowest BCUT2D eigenvalue weighted by Crippen LogP contribution is -2.30. The summed E-state index contributed by atoms with van der Waals surface area (Å²) in [6.07, 6.45) is 1.24. The lowest BCUT2D eigenvalue weighted by atomic mass is 10.3. The maximum absolute atomic E-state index is 12.9. The normalized spacial score (nSPS) is 17.0. The Morgan fingerprint density at radius 2 is 2.27 bits per heavy atom. The SMILES string of the molecule is O=C(c1nc(NCc2ccc(F)cn2)nc2ccsc12)N1CC[C@H](O)C1. The summed E-state index contributed by atoms with van der Waals surface area (Å²) in [5.41, 5.74) is 1.65. The van der Waals surface area contributed by atoms with E-state index in [9.17, 15) is 14.3 Å². The van der Waals surface area contributed by atoms with Crippen LogP contribution in [0.5, 0.6) is 0 Å². The van der Waals surface area contributed by atoms with E-state index in [1.807, 2.05) is 11.4 Å². The zero-order valence-corrected chi connectivity index (χ0v) is 14.5. The Hall–Kier alpha value is -2.65. The van der Waals surface area contributed by atoms with Crippen molar-refractivity contribution in [3.05, 3.63) is 47.0 Å². The van der Waals surface area contributed by atoms with Crippen molar-refractivity contribution in [3.8, 4) is 0 Å². The fourth-order valence-corrected chi connectivity index (χ4v) is 3.66. The molecule has 1 atom stereocenters. The van der Waals surface area contributed by atoms with Gasteiger partial charge in [0.1, 0.15) is 5.82 Å². The van der Waals surface area contributed by atoms with Crippen LogP contribution in [0.15, 0.2) is 29.8 Å². The second kappa shape index (κ2) is 6.93. The highest BCUT2D eigenvalue weighted by molar-refractivity contribution is 7.17. The molecule has 0 aliphatic carbocycles. The third-order valence-corrected chi connectivity index (χ3v) is 5.08. The van der Waals surface area contributed by atoms with Gasteiger partial charge in [0.15, 0.2) is 5.69 Å². The molecule has 3 aromatic heterocycles. The number of rotatable bonds is 4. The van der Waals surface area contributed by atoms with E-state index in [-0.39, 0.29) is 5.91 Å². The minimum atomic E-state index is -0.484. The molecule has 1 aliphatic rings. The number of hydrogen-bond donors (Lipinski definition) is 2. The fraction of sp³-hybridized carbons (Fsp3) is 0.294. The first-order chi connectivity index (χ1) is 12.6. The second-order valence-electron chi connectivity index (χ2n) is 6.05. The van der Waals surface area contributed by atoms with Gasteiger partial charge in [-0.2, -0.15) is 0 Å². The van der Waals surface area contributed by atoms with Gasteiger partial charge in [0.2, 0.25) is 5.95 Å². The van der Waals surface area contributed by atoms with Crippen molar-refractivity contribution in [2.45, 2.75) is 19.1 Å². The Bertz CT molecular complexity index is 946. The second-order valence-corrected chi connectivity index (χ2v) is 6.96. The van der Waals surface area contributed by atoms with Crippen LogP contribution in [0.2, 0.25) is 0 Å². The lowest BCUT2D eigenvalue weighted by molar-refractivity contribution is 0.0761. The number of carbonyl (C=O) groups excluding carboxylic acids is 1. The summed E-state index contributed by atoms with van der Waals surface area (Å²) in [5, 5.41) is 14.6. The van der Waals surface area contributed by atoms with Crippen LogP contribution in [0, 0.1) is 5.82 Å². The van der Waals surface area contributed by atoms with Crippen LogP contribution >= 0.6 is 11.3 Å². The van der Waals surface area contributed by atoms with E-state index < -0.39 is 11.9 Å². The number of thiophene rings is 1. The molecule has 0 saturated carbocycles. The minimum absolute atomic E-state index is 0.209. The van der Waals surface area contributed by atoms with Gasteiger partial charge in [0.25, 0.3) is 5.91 Å². The first-order valence-corrected chi connectivity index (χ1v) is 9.05. The summed E-state index contributed by atoms with van der Waals surface area (Å²) < 4.78 is 13.7. The van der Waals surface area contributed by atoms with Gasteiger partial charge >= 0.3 is 0 Å². The van der Waals surface area contributed by atoms with Gasteiger partial charge in [-0.15, -0.1) is 11.3 Å². The Labute approximate surface area is 152 Å². The molecule has 0 spiro atoms. The van der Waals surface area contributed by atoms with Gasteiger partial charge in [-0.1, -0.05) is 0 Å². The van der Waals surface area contributed by atoms with Crippen molar-refractivity contribution in [3.63, 3.8) is 0 Å². The van der Waals surface area contributed by atoms with Crippen LogP contribution in [0.4, 0.5) is 10.3 Å². The van der Waals surface area contributed by atoms with Crippen molar-refractivity contribution in [2.24, 2.45) is 0 Å². The van der Waals surface area contributed by atoms with E-state index in [2.05, 4.69) is 20.3 Å². The minimum Gasteiger partial charge on any atom is -0.391 e. The molecule has 3 aromatic rings. The summed E-state index contributed by atoms with van der Waals surface area (Å²) in [5.74, 6) is -0.296. The number of β-amino-alcohol motifs (C(OH)–C–C–N with tert-alkyl or cyclic N) is 1. The van der Waals surface area contributed by atoms with Crippen molar-refractivity contribution in [1.29, 1.82) is 0 Å². The van der Waals surface area contributed by atoms with E-state index in [1.54, 1.807) is 11.0 Å². The van der Waals surface area contributed by atoms with Gasteiger partial charge in [-0.3, -0.25) is 9.78 Å². The predicted molar refractivity (Wildman–Crippen MR) is 95.5 cm³/mol. The lowest BCUT2D eigenvalue weighted by Gasteiger charge is -2.16. The van der Waals surface area contributed by atoms with Gasteiger partial charge in [0, 0.05) is 13.1 Å². The van der Waals surface area contributed by atoms with Crippen LogP contribution in [0.25, 0.3) is 10.2 Å². The van der Waals surface area contributed by atoms with Crippen molar-refractivity contribution >= 4 is 33.4 Å². The molecule has 1 amide bonds. The highest BCUT2D eigenvalue weighted by atomic mass is 32.1. The maximum atomic E-state index is 12.9. The summed E-state index contributed by atoms with van der Waals surface area (Å²) in [7, 11) is 0. The summed E-state index contributed by atoms with van der Waals surface area (Å²) in [4.78, 5) is 27.2. The summed E-state index contributed by atoms with van der Waals surface area (Å²) in [6.45, 7) is 1.14. The number of nitrogens with zero attached hydrogens (tertiary/aromatic N) is 4. The van der Waals surface area contributed by atoms with E-state index in [4.69, 9.17) is 0 Å². The number of nitrogens with one attached hydrogen (secondary N) is 1. The standard InChI is InChI=1S/C17H16FN5O2S/c18-10-1-2-11(19-7-10)8-20-17-21-13-4-6-26-15(13)14(22-17)16(25)23-5-3-12(24)9-23/h1-2,4,6-7,12,24H,3,5,8-9H2,(H,20,21,22)/t12-/m0/s1. The van der Waals surface area contributed by atoms with Gasteiger partial charge < -0.3 is 15.3 Å². The van der Waals surface area contributed by atoms with E-state index in [1.165, 1.54) is 17.4 Å². The molecule has 0 unspecified atom stereocenters. The van der Waals surface area contributed by atoms with Crippen LogP contribution < -0.4 is 5.32 Å². The quantitative estimate of drug-likeness (QED) is 0.727. The smallest absolute Gasteiger partial charge is 0.274 e. The molecule has 4 rings (SSSR count). The number of hydrogen-bond acceptors (Lipinski definition) is 7. The number of amides is 1. The molecule has 0 aromatic carbocycles. The number of aromatic nitrogens is 3. The number of fused-ring (bicyclic) bond motifs is 1. The molecular weight excluding hydrogens is 357 g/mol. The zero-order chi connectivity index (χ0) is 18.1. The molecule has 26 heavy (non-hydrogen) atoms. The van der Waals surface area contributed by atoms with Gasteiger partial charge in [-0.25, -0.2) is 14.4 Å². The average Bonchev–Trinajstić information content (AvgIpc) is 3.28. The number of anilines is 1. The molecule has 2 N–H and O–H groups in total. The molecule has 1 fully saturated rings. The van der Waals surface area contributed by atoms with Crippen LogP contribution in [-0.2, 0) is 6.54 Å². The maximum Gasteiger partial charge on any atom is 0.274 e. The zero-order valence-electron chi connectivity index (χ0n) is 13.7. The third kappa shape index (κ3) is 3.35. The largest absolute Gasteiger partial charge is 0.391 e. The molecule has 134 valence electrons. The molecule has 4 heterocycles. The Balaban J connectivity index is 1.60. The number of likely N-dealkylation sites (tertiary alicyclic amines) is 1. The topological polar surface area (TPSA) is 91.2 Å². The molecule has 1 saturated heterocycles. The van der Waals surface area contributed by atoms with Crippen LogP contribution in [0.3, 0.4) is 0 Å². The average molecular weight is 373 g/mol. The van der Waals surface area contributed by atoms with E-state index in [0.29, 0.717) is 48.9 Å². The Morgan fingerprint density at radius 1 is 1.38 bits per heavy atom. The molecular formula is C17H16FN5O2S. The van der Waals surface area contributed by atoms with Crippen LogP contribution in [-0.4, -0.2) is 50.1 Å². The molecule has 0 bridgehead atoms. The van der Waals surface area contributed by atoms with Crippen molar-refractivity contribution < 1.29 is 14.3 Å². The molecule has 9 heteroatoms. The number of aliphatic hydroxyl groups excluding tert-OH is 1. The Morgan fingerprint density at radius 3 is 3.00 bits per heavy atom. The summed E-state index contributed by atoms with van der Waals surface area (Å²) >= 11 is 1.41. The molecule has 0 radical (unpaired) electrons. The molecule has 1 aliphatic heterocycles. The monoisotopic (exact) mass is 373 g/mol. The number of pyridine rings is 1. The number of aliphatic hydroxyl groups is 1. The van der Waals surface area contributed by atoms with Gasteiger partial charge in [0.05, 0.1) is 34.8 Å². The third-order valence-electron chi connectivity index (χ3n) is 4.17. The Kier molecular flexibility index (Phi) is 4.48. The fourth-order valence-electron chi connectivity index (χ4n) is 2.84. The highest BCUT2D eigenvalue weighted by Gasteiger charge is 2.28. The number of carbonyl (C=O) groups is 1. The number of halogens is 1. The summed E-state index contributed by atoms with van der Waals surface area (Å²) in [6, 6.07) is 4.74. The van der Waals surface area contributed by atoms with E-state index >= 15 is 0 Å². The van der Waals surface area contributed by atoms with Crippen molar-refractivity contribution in [1.82, 2.24) is 19.9 Å². The predicted octanol–water partition coefficient (Wildman–Crippen LogP) is 2.04. The first-order valence-electron chi connectivity index (χ1n) is 8.17. The highest BCUT2D eigenvalue weighted by Crippen LogP contribution is 2.26. The first kappa shape index (κ1) is 16.8. The van der Waals surface area contributed by atoms with E-state index in [0.717, 1.165) is 10.9 Å². The van der Waals surface area contributed by atoms with Crippen molar-refractivity contribution in [2.75, 3.05) is 18.4 Å². The van der Waals surface area contributed by atoms with Crippen LogP contribution in [0.1, 0.15) is 22.6 Å². The molecule has 7 nitrogen and oxygen atoms in total. The van der Waals surface area contributed by atoms with Gasteiger partial charge in [-0.05, 0) is 30.0 Å².